The first-order valence-corrected chi connectivity index (χ1v) is 7.32. The van der Waals surface area contributed by atoms with E-state index in [0.29, 0.717) is 17.3 Å². The van der Waals surface area contributed by atoms with Crippen molar-refractivity contribution in [3.63, 3.8) is 0 Å². The molecule has 0 N–H and O–H groups in total. The van der Waals surface area contributed by atoms with Crippen LogP contribution in [0.2, 0.25) is 5.02 Å². The highest BCUT2D eigenvalue weighted by molar-refractivity contribution is 6.33. The van der Waals surface area contributed by atoms with Crippen LogP contribution in [0.3, 0.4) is 0 Å². The summed E-state index contributed by atoms with van der Waals surface area (Å²) in [5.41, 5.74) is 1.58. The first-order chi connectivity index (χ1) is 9.99. The zero-order chi connectivity index (χ0) is 15.4. The van der Waals surface area contributed by atoms with Gasteiger partial charge in [-0.05, 0) is 38.5 Å². The molecule has 2 aromatic rings. The lowest BCUT2D eigenvalue weighted by atomic mass is 10.2. The van der Waals surface area contributed by atoms with E-state index < -0.39 is 0 Å². The summed E-state index contributed by atoms with van der Waals surface area (Å²) >= 11 is 6.06. The van der Waals surface area contributed by atoms with Gasteiger partial charge in [0, 0.05) is 12.5 Å². The van der Waals surface area contributed by atoms with Crippen LogP contribution >= 0.6 is 11.6 Å². The average Bonchev–Trinajstić information content (AvgIpc) is 2.81. The molecule has 0 atom stereocenters. The van der Waals surface area contributed by atoms with Crippen LogP contribution in [0.1, 0.15) is 42.4 Å². The lowest BCUT2D eigenvalue weighted by Gasteiger charge is -2.11. The molecule has 1 aromatic carbocycles. The molecule has 0 spiro atoms. The average molecular weight is 307 g/mol. The number of aryl methyl sites for hydroxylation is 1. The molecule has 4 nitrogen and oxygen atoms in total. The number of carbonyl (C=O) groups is 1. The molecule has 0 amide bonds. The second kappa shape index (κ2) is 6.76. The molecule has 112 valence electrons. The number of hydrogen-bond donors (Lipinski definition) is 0. The van der Waals surface area contributed by atoms with Crippen LogP contribution in [0.5, 0.6) is 5.75 Å². The van der Waals surface area contributed by atoms with Gasteiger partial charge in [0.25, 0.3) is 0 Å². The highest BCUT2D eigenvalue weighted by atomic mass is 35.5. The Morgan fingerprint density at radius 1 is 1.43 bits per heavy atom. The summed E-state index contributed by atoms with van der Waals surface area (Å²) in [4.78, 5) is 12.3. The molecular weight excluding hydrogens is 288 g/mol. The third-order valence-electron chi connectivity index (χ3n) is 3.09. The molecule has 0 saturated carbocycles. The van der Waals surface area contributed by atoms with Crippen LogP contribution in [0.25, 0.3) is 0 Å². The van der Waals surface area contributed by atoms with Crippen molar-refractivity contribution in [1.29, 1.82) is 0 Å². The van der Waals surface area contributed by atoms with Gasteiger partial charge >= 0.3 is 0 Å². The van der Waals surface area contributed by atoms with Gasteiger partial charge in [0.05, 0.1) is 17.8 Å². The standard InChI is InChI=1S/C16H19ClN2O2/c1-11(2)19-16(14(17)10-18-19)15(20)7-8-21-13-6-4-5-12(3)9-13/h4-6,9-11H,7-8H2,1-3H3. The minimum absolute atomic E-state index is 0.0566. The fraction of sp³-hybridized carbons (Fsp3) is 0.375. The molecule has 1 heterocycles. The Morgan fingerprint density at radius 3 is 2.86 bits per heavy atom. The number of Topliss-reactive ketones (excluding diaryl/α,β-unsaturated/α-hetero) is 1. The Morgan fingerprint density at radius 2 is 2.19 bits per heavy atom. The van der Waals surface area contributed by atoms with E-state index in [2.05, 4.69) is 5.10 Å². The lowest BCUT2D eigenvalue weighted by molar-refractivity contribution is 0.0950. The summed E-state index contributed by atoms with van der Waals surface area (Å²) in [6.07, 6.45) is 1.78. The van der Waals surface area contributed by atoms with E-state index in [-0.39, 0.29) is 18.2 Å². The largest absolute Gasteiger partial charge is 0.493 e. The van der Waals surface area contributed by atoms with Crippen molar-refractivity contribution < 1.29 is 9.53 Å². The first kappa shape index (κ1) is 15.6. The zero-order valence-corrected chi connectivity index (χ0v) is 13.2. The highest BCUT2D eigenvalue weighted by Crippen LogP contribution is 2.21. The van der Waals surface area contributed by atoms with Crippen LogP contribution in [0.4, 0.5) is 0 Å². The molecule has 0 aliphatic rings. The highest BCUT2D eigenvalue weighted by Gasteiger charge is 2.18. The topological polar surface area (TPSA) is 44.1 Å². The number of carbonyl (C=O) groups excluding carboxylic acids is 1. The maximum atomic E-state index is 12.3. The normalized spacial score (nSPS) is 10.9. The van der Waals surface area contributed by atoms with Crippen molar-refractivity contribution in [2.75, 3.05) is 6.61 Å². The molecule has 2 rings (SSSR count). The van der Waals surface area contributed by atoms with Crippen LogP contribution < -0.4 is 4.74 Å². The van der Waals surface area contributed by atoms with Crippen molar-refractivity contribution in [2.45, 2.75) is 33.2 Å². The van der Waals surface area contributed by atoms with E-state index in [9.17, 15) is 4.79 Å². The predicted molar refractivity (Wildman–Crippen MR) is 83.2 cm³/mol. The molecule has 1 aromatic heterocycles. The molecule has 21 heavy (non-hydrogen) atoms. The second-order valence-corrected chi connectivity index (χ2v) is 5.62. The zero-order valence-electron chi connectivity index (χ0n) is 12.5. The number of rotatable bonds is 6. The van der Waals surface area contributed by atoms with Crippen molar-refractivity contribution in [1.82, 2.24) is 9.78 Å². The minimum Gasteiger partial charge on any atom is -0.493 e. The lowest BCUT2D eigenvalue weighted by Crippen LogP contribution is -2.15. The fourth-order valence-corrected chi connectivity index (χ4v) is 2.31. The molecule has 0 bridgehead atoms. The Balaban J connectivity index is 1.98. The molecule has 0 radical (unpaired) electrons. The van der Waals surface area contributed by atoms with E-state index in [1.807, 2.05) is 45.0 Å². The van der Waals surface area contributed by atoms with Crippen molar-refractivity contribution in [3.05, 3.63) is 46.7 Å². The van der Waals surface area contributed by atoms with Gasteiger partial charge in [0.15, 0.2) is 5.78 Å². The summed E-state index contributed by atoms with van der Waals surface area (Å²) in [6, 6.07) is 7.84. The van der Waals surface area contributed by atoms with Gasteiger partial charge < -0.3 is 4.74 Å². The molecular formula is C16H19ClN2O2. The van der Waals surface area contributed by atoms with Crippen LogP contribution in [0, 0.1) is 6.92 Å². The number of ether oxygens (including phenoxy) is 1. The minimum atomic E-state index is -0.0566. The molecule has 0 fully saturated rings. The monoisotopic (exact) mass is 306 g/mol. The van der Waals surface area contributed by atoms with Crippen molar-refractivity contribution in [2.24, 2.45) is 0 Å². The van der Waals surface area contributed by atoms with Gasteiger partial charge in [0.1, 0.15) is 11.4 Å². The van der Waals surface area contributed by atoms with Crippen LogP contribution in [-0.4, -0.2) is 22.2 Å². The number of nitrogens with zero attached hydrogens (tertiary/aromatic N) is 2. The molecule has 0 unspecified atom stereocenters. The summed E-state index contributed by atoms with van der Waals surface area (Å²) < 4.78 is 7.25. The van der Waals surface area contributed by atoms with Gasteiger partial charge in [-0.15, -0.1) is 0 Å². The molecule has 0 aliphatic carbocycles. The van der Waals surface area contributed by atoms with Gasteiger partial charge in [-0.2, -0.15) is 5.10 Å². The number of ketones is 1. The smallest absolute Gasteiger partial charge is 0.185 e. The number of aromatic nitrogens is 2. The Labute approximate surface area is 129 Å². The third kappa shape index (κ3) is 3.85. The summed E-state index contributed by atoms with van der Waals surface area (Å²) in [6.45, 7) is 6.24. The molecule has 0 saturated heterocycles. The summed E-state index contributed by atoms with van der Waals surface area (Å²) in [5, 5.41) is 4.53. The second-order valence-electron chi connectivity index (χ2n) is 5.22. The van der Waals surface area contributed by atoms with Crippen molar-refractivity contribution >= 4 is 17.4 Å². The van der Waals surface area contributed by atoms with E-state index in [1.165, 1.54) is 6.20 Å². The SMILES string of the molecule is Cc1cccc(OCCC(=O)c2c(Cl)cnn2C(C)C)c1. The molecule has 0 aliphatic heterocycles. The Kier molecular flexibility index (Phi) is 5.02. The molecule has 5 heteroatoms. The van der Waals surface area contributed by atoms with Gasteiger partial charge in [-0.25, -0.2) is 0 Å². The maximum Gasteiger partial charge on any atom is 0.185 e. The van der Waals surface area contributed by atoms with Gasteiger partial charge in [0.2, 0.25) is 0 Å². The van der Waals surface area contributed by atoms with Gasteiger partial charge in [-0.1, -0.05) is 23.7 Å². The van der Waals surface area contributed by atoms with Gasteiger partial charge in [-0.3, -0.25) is 9.48 Å². The van der Waals surface area contributed by atoms with Crippen LogP contribution in [0.15, 0.2) is 30.5 Å². The number of halogens is 1. The summed E-state index contributed by atoms with van der Waals surface area (Å²) in [7, 11) is 0. The van der Waals surface area contributed by atoms with E-state index in [4.69, 9.17) is 16.3 Å². The predicted octanol–water partition coefficient (Wildman–Crippen LogP) is 4.08. The first-order valence-electron chi connectivity index (χ1n) is 6.94. The fourth-order valence-electron chi connectivity index (χ4n) is 2.08. The number of hydrogen-bond acceptors (Lipinski definition) is 3. The van der Waals surface area contributed by atoms with E-state index >= 15 is 0 Å². The van der Waals surface area contributed by atoms with E-state index in [1.54, 1.807) is 4.68 Å². The third-order valence-corrected chi connectivity index (χ3v) is 3.37. The number of benzene rings is 1. The van der Waals surface area contributed by atoms with E-state index in [0.717, 1.165) is 11.3 Å². The maximum absolute atomic E-state index is 12.3. The van der Waals surface area contributed by atoms with Crippen molar-refractivity contribution in [3.8, 4) is 5.75 Å². The quantitative estimate of drug-likeness (QED) is 0.755. The Bertz CT molecular complexity index is 635. The Hall–Kier alpha value is -1.81. The van der Waals surface area contributed by atoms with Crippen LogP contribution in [-0.2, 0) is 0 Å². The summed E-state index contributed by atoms with van der Waals surface area (Å²) in [5.74, 6) is 0.713.